The largest absolute Gasteiger partial charge is 0.492 e. The Morgan fingerprint density at radius 1 is 1.15 bits per heavy atom. The molecule has 1 aromatic carbocycles. The summed E-state index contributed by atoms with van der Waals surface area (Å²) in [6.07, 6.45) is 4.15. The van der Waals surface area contributed by atoms with Crippen molar-refractivity contribution in [3.05, 3.63) is 71.1 Å². The van der Waals surface area contributed by atoms with Crippen LogP contribution < -0.4 is 15.8 Å². The fourth-order valence-electron chi connectivity index (χ4n) is 3.54. The first-order chi connectivity index (χ1) is 16.2. The molecule has 4 aromatic heterocycles. The second-order valence-corrected chi connectivity index (χ2v) is 8.19. The molecule has 0 saturated heterocycles. The van der Waals surface area contributed by atoms with Gasteiger partial charge in [-0.25, -0.2) is 14.8 Å². The zero-order valence-electron chi connectivity index (χ0n) is 17.7. The van der Waals surface area contributed by atoms with Crippen molar-refractivity contribution in [2.45, 2.75) is 13.3 Å². The number of thiophene rings is 1. The van der Waals surface area contributed by atoms with E-state index in [0.29, 0.717) is 29.6 Å². The minimum absolute atomic E-state index is 0.329. The van der Waals surface area contributed by atoms with Crippen molar-refractivity contribution >= 4 is 28.1 Å². The molecular weight excluding hydrogens is 440 g/mol. The van der Waals surface area contributed by atoms with Crippen LogP contribution in [0, 0.1) is 0 Å². The van der Waals surface area contributed by atoms with Crippen LogP contribution in [0.5, 0.6) is 5.75 Å². The number of aromatic amines is 1. The van der Waals surface area contributed by atoms with Crippen LogP contribution in [0.15, 0.2) is 64.3 Å². The quantitative estimate of drug-likeness (QED) is 0.354. The lowest BCUT2D eigenvalue weighted by molar-refractivity contribution is 0.342. The molecule has 0 amide bonds. The number of fused-ring (bicyclic) bond motifs is 1. The molecule has 5 rings (SSSR count). The monoisotopic (exact) mass is 460 g/mol. The van der Waals surface area contributed by atoms with E-state index in [2.05, 4.69) is 59.2 Å². The van der Waals surface area contributed by atoms with Crippen LogP contribution in [0.3, 0.4) is 0 Å². The SMILES string of the molecule is CCOc1cc(-c2cc(NCCc3cccc4cccnc34)ncn2)sc1-c1noc(=O)[nH]1. The lowest BCUT2D eigenvalue weighted by Crippen LogP contribution is -2.07. The number of para-hydroxylation sites is 1. The van der Waals surface area contributed by atoms with Crippen molar-refractivity contribution < 1.29 is 9.26 Å². The third kappa shape index (κ3) is 4.46. The fraction of sp³-hybridized carbons (Fsp3) is 0.174. The molecule has 0 saturated carbocycles. The highest BCUT2D eigenvalue weighted by Crippen LogP contribution is 2.41. The maximum absolute atomic E-state index is 11.4. The van der Waals surface area contributed by atoms with Gasteiger partial charge >= 0.3 is 5.76 Å². The molecule has 4 heterocycles. The second-order valence-electron chi connectivity index (χ2n) is 7.14. The molecule has 10 heteroatoms. The van der Waals surface area contributed by atoms with E-state index < -0.39 is 5.76 Å². The Bertz CT molecular complexity index is 1450. The Morgan fingerprint density at radius 2 is 2.06 bits per heavy atom. The van der Waals surface area contributed by atoms with Gasteiger partial charge in [0.25, 0.3) is 0 Å². The average molecular weight is 461 g/mol. The van der Waals surface area contributed by atoms with Crippen LogP contribution in [0.2, 0.25) is 0 Å². The fourth-order valence-corrected chi connectivity index (χ4v) is 4.54. The first kappa shape index (κ1) is 20.8. The van der Waals surface area contributed by atoms with E-state index in [0.717, 1.165) is 33.7 Å². The smallest absolute Gasteiger partial charge is 0.439 e. The number of nitrogens with zero attached hydrogens (tertiary/aromatic N) is 4. The predicted molar refractivity (Wildman–Crippen MR) is 127 cm³/mol. The molecule has 2 N–H and O–H groups in total. The average Bonchev–Trinajstić information content (AvgIpc) is 3.46. The van der Waals surface area contributed by atoms with Crippen molar-refractivity contribution in [2.24, 2.45) is 0 Å². The van der Waals surface area contributed by atoms with Gasteiger partial charge in [0, 0.05) is 30.3 Å². The number of pyridine rings is 1. The normalized spacial score (nSPS) is 11.1. The van der Waals surface area contributed by atoms with Gasteiger partial charge in [0.2, 0.25) is 0 Å². The molecule has 0 aliphatic heterocycles. The van der Waals surface area contributed by atoms with Gasteiger partial charge in [-0.05, 0) is 25.0 Å². The van der Waals surface area contributed by atoms with Gasteiger partial charge < -0.3 is 10.1 Å². The lowest BCUT2D eigenvalue weighted by Gasteiger charge is -2.08. The topological polar surface area (TPSA) is 119 Å². The molecule has 5 aromatic rings. The van der Waals surface area contributed by atoms with Crippen molar-refractivity contribution in [3.8, 4) is 27.0 Å². The molecule has 0 radical (unpaired) electrons. The van der Waals surface area contributed by atoms with E-state index in [1.54, 1.807) is 0 Å². The standard InChI is InChI=1S/C23H20N6O3S/c1-2-31-17-12-18(33-21(17)22-28-23(30)32-29-22)16-11-19(27-13-26-16)24-10-8-15-6-3-5-14-7-4-9-25-20(14)15/h3-7,9,11-13H,2,8,10H2,1H3,(H,24,26,27)(H,28,29,30). The van der Waals surface area contributed by atoms with E-state index in [4.69, 9.17) is 4.74 Å². The molecule has 166 valence electrons. The Hall–Kier alpha value is -4.05. The van der Waals surface area contributed by atoms with Gasteiger partial charge in [0.1, 0.15) is 22.8 Å². The van der Waals surface area contributed by atoms with Gasteiger partial charge in [0.15, 0.2) is 5.82 Å². The summed E-state index contributed by atoms with van der Waals surface area (Å²) in [7, 11) is 0. The summed E-state index contributed by atoms with van der Waals surface area (Å²) in [5, 5.41) is 8.28. The van der Waals surface area contributed by atoms with E-state index in [1.165, 1.54) is 23.2 Å². The number of aromatic nitrogens is 5. The van der Waals surface area contributed by atoms with Crippen molar-refractivity contribution in [2.75, 3.05) is 18.5 Å². The molecule has 0 fully saturated rings. The van der Waals surface area contributed by atoms with E-state index in [-0.39, 0.29) is 0 Å². The highest BCUT2D eigenvalue weighted by molar-refractivity contribution is 7.19. The predicted octanol–water partition coefficient (Wildman–Crippen LogP) is 4.15. The van der Waals surface area contributed by atoms with Gasteiger partial charge in [-0.3, -0.25) is 14.5 Å². The number of rotatable bonds is 8. The summed E-state index contributed by atoms with van der Waals surface area (Å²) in [6.45, 7) is 3.07. The zero-order chi connectivity index (χ0) is 22.6. The van der Waals surface area contributed by atoms with Gasteiger partial charge in [-0.1, -0.05) is 29.4 Å². The van der Waals surface area contributed by atoms with E-state index in [1.807, 2.05) is 31.3 Å². The Kier molecular flexibility index (Phi) is 5.81. The van der Waals surface area contributed by atoms with E-state index >= 15 is 0 Å². The van der Waals surface area contributed by atoms with Crippen LogP contribution in [0.25, 0.3) is 32.2 Å². The molecule has 0 unspecified atom stereocenters. The maximum atomic E-state index is 11.4. The van der Waals surface area contributed by atoms with Crippen LogP contribution in [-0.2, 0) is 6.42 Å². The summed E-state index contributed by atoms with van der Waals surface area (Å²) in [4.78, 5) is 28.8. The van der Waals surface area contributed by atoms with Crippen molar-refractivity contribution in [1.82, 2.24) is 25.1 Å². The highest BCUT2D eigenvalue weighted by atomic mass is 32.1. The number of hydrogen-bond acceptors (Lipinski definition) is 9. The highest BCUT2D eigenvalue weighted by Gasteiger charge is 2.18. The molecule has 33 heavy (non-hydrogen) atoms. The summed E-state index contributed by atoms with van der Waals surface area (Å²) >= 11 is 1.41. The summed E-state index contributed by atoms with van der Waals surface area (Å²) in [5.41, 5.74) is 2.94. The van der Waals surface area contributed by atoms with Crippen LogP contribution in [-0.4, -0.2) is 38.2 Å². The second kappa shape index (κ2) is 9.21. The Labute approximate surface area is 192 Å². The van der Waals surface area contributed by atoms with Crippen molar-refractivity contribution in [3.63, 3.8) is 0 Å². The molecule has 0 spiro atoms. The van der Waals surface area contributed by atoms with Gasteiger partial charge in [0.05, 0.1) is 22.7 Å². The van der Waals surface area contributed by atoms with Gasteiger partial charge in [-0.15, -0.1) is 11.3 Å². The minimum atomic E-state index is -0.614. The first-order valence-electron chi connectivity index (χ1n) is 10.4. The first-order valence-corrected chi connectivity index (χ1v) is 11.2. The maximum Gasteiger partial charge on any atom is 0.439 e. The van der Waals surface area contributed by atoms with Crippen LogP contribution >= 0.6 is 11.3 Å². The summed E-state index contributed by atoms with van der Waals surface area (Å²) < 4.78 is 10.4. The molecule has 0 bridgehead atoms. The molecular formula is C23H20N6O3S. The zero-order valence-corrected chi connectivity index (χ0v) is 18.6. The molecule has 0 aliphatic rings. The van der Waals surface area contributed by atoms with Gasteiger partial charge in [-0.2, -0.15) is 0 Å². The number of anilines is 1. The molecule has 0 atom stereocenters. The number of nitrogens with one attached hydrogen (secondary N) is 2. The van der Waals surface area contributed by atoms with Crippen LogP contribution in [0.4, 0.5) is 5.82 Å². The van der Waals surface area contributed by atoms with Crippen LogP contribution in [0.1, 0.15) is 12.5 Å². The number of hydrogen-bond donors (Lipinski definition) is 2. The summed E-state index contributed by atoms with van der Waals surface area (Å²) in [5.74, 6) is 1.04. The van der Waals surface area contributed by atoms with E-state index in [9.17, 15) is 4.79 Å². The number of benzene rings is 1. The number of ether oxygens (including phenoxy) is 1. The van der Waals surface area contributed by atoms with Crippen molar-refractivity contribution in [1.29, 1.82) is 0 Å². The Balaban J connectivity index is 1.34. The minimum Gasteiger partial charge on any atom is -0.492 e. The lowest BCUT2D eigenvalue weighted by atomic mass is 10.1. The summed E-state index contributed by atoms with van der Waals surface area (Å²) in [6, 6.07) is 14.0. The third-order valence-electron chi connectivity index (χ3n) is 4.99. The third-order valence-corrected chi connectivity index (χ3v) is 6.14. The number of H-pyrrole nitrogens is 1. The Morgan fingerprint density at radius 3 is 2.91 bits per heavy atom. The molecule has 0 aliphatic carbocycles. The molecule has 9 nitrogen and oxygen atoms in total.